The van der Waals surface area contributed by atoms with E-state index in [1.54, 1.807) is 12.1 Å². The molecule has 1 saturated carbocycles. The van der Waals surface area contributed by atoms with E-state index in [-0.39, 0.29) is 17.7 Å². The lowest BCUT2D eigenvalue weighted by atomic mass is 10.1. The molecule has 0 spiro atoms. The standard InChI is InChI=1S/C24H29NO5S/c1-16-7-8-18(3)21(13-16)25-22(26)15-30-23(27)24(11-5-6-12-24)31(28,29)20-10-9-17(2)19(4)14-20/h7-10,13-14H,5-6,11-12,15H2,1-4H3,(H,25,26). The zero-order chi connectivity index (χ0) is 22.8. The molecular weight excluding hydrogens is 414 g/mol. The largest absolute Gasteiger partial charge is 0.454 e. The molecule has 6 nitrogen and oxygen atoms in total. The van der Waals surface area contributed by atoms with Gasteiger partial charge in [-0.15, -0.1) is 0 Å². The Morgan fingerprint density at radius 3 is 2.23 bits per heavy atom. The third kappa shape index (κ3) is 4.51. The number of esters is 1. The van der Waals surface area contributed by atoms with E-state index < -0.39 is 33.1 Å². The van der Waals surface area contributed by atoms with Crippen molar-refractivity contribution in [2.24, 2.45) is 0 Å². The summed E-state index contributed by atoms with van der Waals surface area (Å²) in [6, 6.07) is 10.5. The number of carbonyl (C=O) groups excluding carboxylic acids is 2. The highest BCUT2D eigenvalue weighted by Gasteiger charge is 2.54. The highest BCUT2D eigenvalue weighted by Crippen LogP contribution is 2.41. The van der Waals surface area contributed by atoms with Gasteiger partial charge in [-0.05, 0) is 81.0 Å². The Hall–Kier alpha value is -2.67. The summed E-state index contributed by atoms with van der Waals surface area (Å²) in [6.45, 7) is 6.99. The van der Waals surface area contributed by atoms with Crippen LogP contribution in [0.5, 0.6) is 0 Å². The summed E-state index contributed by atoms with van der Waals surface area (Å²) in [5, 5.41) is 2.73. The van der Waals surface area contributed by atoms with Gasteiger partial charge in [0.2, 0.25) is 0 Å². The zero-order valence-electron chi connectivity index (χ0n) is 18.4. The Balaban J connectivity index is 1.78. The van der Waals surface area contributed by atoms with Gasteiger partial charge in [-0.3, -0.25) is 9.59 Å². The zero-order valence-corrected chi connectivity index (χ0v) is 19.3. The molecule has 0 radical (unpaired) electrons. The molecular formula is C24H29NO5S. The summed E-state index contributed by atoms with van der Waals surface area (Å²) in [4.78, 5) is 25.5. The molecule has 0 aliphatic heterocycles. The predicted molar refractivity (Wildman–Crippen MR) is 120 cm³/mol. The van der Waals surface area contributed by atoms with Gasteiger partial charge in [-0.25, -0.2) is 8.42 Å². The normalized spacial score (nSPS) is 15.5. The van der Waals surface area contributed by atoms with E-state index in [1.807, 2.05) is 45.9 Å². The summed E-state index contributed by atoms with van der Waals surface area (Å²) >= 11 is 0. The van der Waals surface area contributed by atoms with Gasteiger partial charge in [0.1, 0.15) is 0 Å². The number of anilines is 1. The lowest BCUT2D eigenvalue weighted by Crippen LogP contribution is -2.46. The molecule has 0 heterocycles. The first-order chi connectivity index (χ1) is 14.6. The van der Waals surface area contributed by atoms with E-state index in [0.717, 1.165) is 22.3 Å². The highest BCUT2D eigenvalue weighted by molar-refractivity contribution is 7.93. The number of amides is 1. The summed E-state index contributed by atoms with van der Waals surface area (Å²) in [5.41, 5.74) is 4.33. The number of carbonyl (C=O) groups is 2. The van der Waals surface area contributed by atoms with E-state index in [9.17, 15) is 18.0 Å². The molecule has 1 aliphatic rings. The van der Waals surface area contributed by atoms with Crippen molar-refractivity contribution in [1.29, 1.82) is 0 Å². The van der Waals surface area contributed by atoms with Gasteiger partial charge in [0.15, 0.2) is 21.2 Å². The average Bonchev–Trinajstić information content (AvgIpc) is 3.23. The van der Waals surface area contributed by atoms with Gasteiger partial charge >= 0.3 is 5.97 Å². The molecule has 1 N–H and O–H groups in total. The minimum atomic E-state index is -3.96. The predicted octanol–water partition coefficient (Wildman–Crippen LogP) is 4.19. The van der Waals surface area contributed by atoms with Crippen LogP contribution in [-0.4, -0.2) is 31.6 Å². The molecule has 1 aliphatic carbocycles. The number of hydrogen-bond donors (Lipinski definition) is 1. The van der Waals surface area contributed by atoms with Crippen molar-refractivity contribution in [1.82, 2.24) is 0 Å². The lowest BCUT2D eigenvalue weighted by Gasteiger charge is -2.27. The van der Waals surface area contributed by atoms with Crippen molar-refractivity contribution in [3.05, 3.63) is 58.7 Å². The molecule has 0 aromatic heterocycles. The topological polar surface area (TPSA) is 89.5 Å². The molecule has 166 valence electrons. The SMILES string of the molecule is Cc1ccc(C)c(NC(=O)COC(=O)C2(S(=O)(=O)c3ccc(C)c(C)c3)CCCC2)c1. The fourth-order valence-electron chi connectivity index (χ4n) is 3.95. The molecule has 2 aromatic carbocycles. The summed E-state index contributed by atoms with van der Waals surface area (Å²) in [5.74, 6) is -1.35. The Labute approximate surface area is 183 Å². The molecule has 0 saturated heterocycles. The highest BCUT2D eigenvalue weighted by atomic mass is 32.2. The van der Waals surface area contributed by atoms with Crippen LogP contribution in [-0.2, 0) is 24.2 Å². The van der Waals surface area contributed by atoms with Crippen molar-refractivity contribution >= 4 is 27.4 Å². The first-order valence-corrected chi connectivity index (χ1v) is 11.9. The second-order valence-corrected chi connectivity index (χ2v) is 10.7. The van der Waals surface area contributed by atoms with E-state index in [0.29, 0.717) is 18.5 Å². The van der Waals surface area contributed by atoms with Crippen LogP contribution in [0, 0.1) is 27.7 Å². The summed E-state index contributed by atoms with van der Waals surface area (Å²) in [6.07, 6.45) is 1.63. The van der Waals surface area contributed by atoms with Crippen molar-refractivity contribution < 1.29 is 22.7 Å². The molecule has 3 rings (SSSR count). The molecule has 0 unspecified atom stereocenters. The molecule has 1 amide bonds. The molecule has 7 heteroatoms. The van der Waals surface area contributed by atoms with Crippen LogP contribution in [0.1, 0.15) is 47.9 Å². The minimum Gasteiger partial charge on any atom is -0.454 e. The number of rotatable bonds is 6. The number of hydrogen-bond acceptors (Lipinski definition) is 5. The van der Waals surface area contributed by atoms with Crippen LogP contribution in [0.2, 0.25) is 0 Å². The number of benzene rings is 2. The van der Waals surface area contributed by atoms with Crippen LogP contribution < -0.4 is 5.32 Å². The fraction of sp³-hybridized carbons (Fsp3) is 0.417. The summed E-state index contributed by atoms with van der Waals surface area (Å²) < 4.78 is 30.6. The number of aryl methyl sites for hydroxylation is 4. The smallest absolute Gasteiger partial charge is 0.328 e. The molecule has 1 fully saturated rings. The van der Waals surface area contributed by atoms with E-state index in [4.69, 9.17) is 4.74 Å². The molecule has 2 aromatic rings. The molecule has 0 atom stereocenters. The first-order valence-electron chi connectivity index (χ1n) is 10.4. The van der Waals surface area contributed by atoms with Crippen molar-refractivity contribution in [3.63, 3.8) is 0 Å². The Bertz CT molecular complexity index is 1110. The van der Waals surface area contributed by atoms with Gasteiger partial charge < -0.3 is 10.1 Å². The Kier molecular flexibility index (Phi) is 6.55. The second-order valence-electron chi connectivity index (χ2n) is 8.39. The van der Waals surface area contributed by atoms with Crippen LogP contribution in [0.25, 0.3) is 0 Å². The van der Waals surface area contributed by atoms with Gasteiger partial charge in [-0.1, -0.05) is 31.0 Å². The van der Waals surface area contributed by atoms with Gasteiger partial charge in [0, 0.05) is 5.69 Å². The van der Waals surface area contributed by atoms with E-state index >= 15 is 0 Å². The third-order valence-electron chi connectivity index (χ3n) is 6.09. The van der Waals surface area contributed by atoms with Gasteiger partial charge in [0.25, 0.3) is 5.91 Å². The molecule has 0 bridgehead atoms. The number of sulfone groups is 1. The third-order valence-corrected chi connectivity index (χ3v) is 8.57. The second kappa shape index (κ2) is 8.83. The van der Waals surface area contributed by atoms with Gasteiger partial charge in [-0.2, -0.15) is 0 Å². The lowest BCUT2D eigenvalue weighted by molar-refractivity contribution is -0.149. The average molecular weight is 444 g/mol. The maximum atomic E-state index is 13.5. The van der Waals surface area contributed by atoms with Crippen LogP contribution in [0.4, 0.5) is 5.69 Å². The maximum absolute atomic E-state index is 13.5. The van der Waals surface area contributed by atoms with Gasteiger partial charge in [0.05, 0.1) is 4.90 Å². The maximum Gasteiger partial charge on any atom is 0.328 e. The number of nitrogens with one attached hydrogen (secondary N) is 1. The van der Waals surface area contributed by atoms with Crippen LogP contribution in [0.15, 0.2) is 41.3 Å². The molecule has 31 heavy (non-hydrogen) atoms. The monoisotopic (exact) mass is 443 g/mol. The quantitative estimate of drug-likeness (QED) is 0.676. The van der Waals surface area contributed by atoms with Crippen molar-refractivity contribution in [2.75, 3.05) is 11.9 Å². The van der Waals surface area contributed by atoms with Crippen molar-refractivity contribution in [2.45, 2.75) is 63.0 Å². The van der Waals surface area contributed by atoms with E-state index in [2.05, 4.69) is 5.32 Å². The van der Waals surface area contributed by atoms with E-state index in [1.165, 1.54) is 6.07 Å². The minimum absolute atomic E-state index is 0.120. The fourth-order valence-corrected chi connectivity index (χ4v) is 6.09. The summed E-state index contributed by atoms with van der Waals surface area (Å²) in [7, 11) is -3.96. The Morgan fingerprint density at radius 2 is 1.58 bits per heavy atom. The van der Waals surface area contributed by atoms with Crippen molar-refractivity contribution in [3.8, 4) is 0 Å². The Morgan fingerprint density at radius 1 is 0.935 bits per heavy atom. The van der Waals surface area contributed by atoms with Crippen LogP contribution >= 0.6 is 0 Å². The van der Waals surface area contributed by atoms with Crippen LogP contribution in [0.3, 0.4) is 0 Å². The number of ether oxygens (including phenoxy) is 1. The first kappa shape index (κ1) is 23.0.